The molecule has 10 aromatic heterocycles. The third-order valence-electron chi connectivity index (χ3n) is 22.7. The molecule has 0 radical (unpaired) electrons. The lowest BCUT2D eigenvalue weighted by molar-refractivity contribution is 0.145. The van der Waals surface area contributed by atoms with E-state index in [1.165, 1.54) is 92.0 Å². The van der Waals surface area contributed by atoms with Crippen molar-refractivity contribution in [3.63, 3.8) is 0 Å². The van der Waals surface area contributed by atoms with Crippen LogP contribution in [0.2, 0.25) is 0 Å². The fourth-order valence-corrected chi connectivity index (χ4v) is 17.9. The molecule has 0 bridgehead atoms. The number of hydrogen-bond donors (Lipinski definition) is 5. The minimum absolute atomic E-state index is 0.0739. The standard InChI is InChI=1S/C24H18F3N5O2.C24H26F3N5OS.C23H23F3N4OS.C22H19F3N6O/c1-12(15-4-3-5-16(20(15)25)21(26)27)30-22-18-9-17(24(33)32(2)23(18)29-11-28-22)13-6-7-14-10-34-31-19(14)8-13;1-13(16-6-5-7-17(20(16)25)21(26)27)29-22-19-12-18(15-8-10-34(4,28)11-9-15)24(33)32(3)23(19)31-14(2)30-22;1-13(15-5-4-6-16(19(15)24)20(25)26)29-21-18-11-17(14-7-9-32(3)10-8-14)23(31)30(2)22(18)28-12-27-21;1-11(14-5-4-6-15(18(14)23)19(24)25)30-20-17-7-16(13-8-26-12(2)27-9-13)22(32)31(3)21(17)29-10-28-20/h3-12,21H,1-2H3,(H,28,29,30);5-8,12-13,21,28H,4,9-11H2,1-3H3,(H,29,30,31);4-7,11-13,20H,3,8-10H2,1-2H3,(H,27,28,29);4-11,19H,1-3H3,(H,28,29,30)/t12-;13-,34?;13-,32?;11-/m1111/s1. The topological polar surface area (TPSA) is 315 Å². The molecular weight excluding hydrogens is 1770 g/mol. The first-order valence-electron chi connectivity index (χ1n) is 41.0. The molecule has 5 N–H and O–H groups in total. The van der Waals surface area contributed by atoms with Crippen molar-refractivity contribution >= 4 is 121 Å². The number of hydrogen-bond acceptors (Lipinski definition) is 21. The Kier molecular flexibility index (Phi) is 28.0. The third-order valence-corrected chi connectivity index (χ3v) is 25.9. The van der Waals surface area contributed by atoms with Gasteiger partial charge in [-0.2, -0.15) is 10.5 Å². The van der Waals surface area contributed by atoms with Crippen molar-refractivity contribution in [2.45, 2.75) is 104 Å². The number of nitrogens with zero attached hydrogens (tertiary/aromatic N) is 15. The van der Waals surface area contributed by atoms with Crippen molar-refractivity contribution in [3.05, 3.63) is 297 Å². The smallest absolute Gasteiger partial charge is 0.266 e. The van der Waals surface area contributed by atoms with Gasteiger partial charge in [0.15, 0.2) is 0 Å². The van der Waals surface area contributed by atoms with Crippen LogP contribution in [0.3, 0.4) is 0 Å². The molecule has 684 valence electrons. The highest BCUT2D eigenvalue weighted by Crippen LogP contribution is 2.39. The highest BCUT2D eigenvalue weighted by Gasteiger charge is 2.29. The molecule has 0 saturated heterocycles. The number of fused-ring (bicyclic) bond motifs is 5. The molecule has 0 saturated carbocycles. The fourth-order valence-electron chi connectivity index (χ4n) is 15.5. The predicted molar refractivity (Wildman–Crippen MR) is 493 cm³/mol. The van der Waals surface area contributed by atoms with Gasteiger partial charge in [0, 0.05) is 108 Å². The Bertz CT molecular complexity index is 7480. The lowest BCUT2D eigenvalue weighted by Gasteiger charge is -2.21. The van der Waals surface area contributed by atoms with Crippen molar-refractivity contribution in [1.82, 2.24) is 73.3 Å². The summed E-state index contributed by atoms with van der Waals surface area (Å²) in [6.45, 7) is 10.0. The molecular formula is C93H86F12N20O5S2. The summed E-state index contributed by atoms with van der Waals surface area (Å²) in [5.74, 6) is 9.57. The van der Waals surface area contributed by atoms with Gasteiger partial charge in [-0.3, -0.25) is 42.2 Å². The molecule has 0 spiro atoms. The number of benzene rings is 5. The second-order valence-corrected chi connectivity index (χ2v) is 36.4. The van der Waals surface area contributed by atoms with Crippen LogP contribution in [0.5, 0.6) is 0 Å². The molecule has 15 aromatic rings. The van der Waals surface area contributed by atoms with Crippen molar-refractivity contribution in [1.29, 1.82) is 4.78 Å². The summed E-state index contributed by atoms with van der Waals surface area (Å²) in [5.41, 5.74) is 3.77. The Balaban J connectivity index is 0.000000142. The number of aryl methyl sites for hydroxylation is 6. The van der Waals surface area contributed by atoms with Crippen LogP contribution in [-0.4, -0.2) is 108 Å². The molecule has 25 nitrogen and oxygen atoms in total. The lowest BCUT2D eigenvalue weighted by atomic mass is 10.0. The average molecular weight is 1860 g/mol. The Morgan fingerprint density at radius 2 is 0.803 bits per heavy atom. The van der Waals surface area contributed by atoms with Crippen LogP contribution in [0, 0.1) is 41.9 Å². The molecule has 12 heterocycles. The van der Waals surface area contributed by atoms with Gasteiger partial charge >= 0.3 is 0 Å². The normalized spacial score (nSPS) is 15.4. The van der Waals surface area contributed by atoms with Gasteiger partial charge in [-0.1, -0.05) is 108 Å². The van der Waals surface area contributed by atoms with Gasteiger partial charge in [-0.05, 0) is 113 Å². The highest BCUT2D eigenvalue weighted by molar-refractivity contribution is 8.14. The van der Waals surface area contributed by atoms with E-state index in [1.54, 1.807) is 125 Å². The largest absolute Gasteiger partial charge is 0.364 e. The number of rotatable bonds is 20. The maximum atomic E-state index is 14.7. The van der Waals surface area contributed by atoms with Crippen LogP contribution in [0.25, 0.3) is 88.4 Å². The zero-order chi connectivity index (χ0) is 94.7. The van der Waals surface area contributed by atoms with Gasteiger partial charge in [0.05, 0.1) is 73.5 Å². The van der Waals surface area contributed by atoms with Crippen molar-refractivity contribution < 1.29 is 57.2 Å². The number of halogens is 12. The van der Waals surface area contributed by atoms with E-state index in [4.69, 9.17) is 9.30 Å². The van der Waals surface area contributed by atoms with Crippen molar-refractivity contribution in [2.24, 2.45) is 28.2 Å². The van der Waals surface area contributed by atoms with Gasteiger partial charge in [-0.25, -0.2) is 103 Å². The molecule has 17 rings (SSSR count). The van der Waals surface area contributed by atoms with E-state index >= 15 is 0 Å². The Morgan fingerprint density at radius 3 is 1.19 bits per heavy atom. The molecule has 5 aromatic carbocycles. The van der Waals surface area contributed by atoms with Crippen LogP contribution >= 0.6 is 10.5 Å². The van der Waals surface area contributed by atoms with Crippen LogP contribution in [0.1, 0.15) is 158 Å². The van der Waals surface area contributed by atoms with E-state index in [0.29, 0.717) is 136 Å². The summed E-state index contributed by atoms with van der Waals surface area (Å²) in [6.07, 6.45) is 2.15. The van der Waals surface area contributed by atoms with E-state index < -0.39 is 105 Å². The second kappa shape index (κ2) is 39.3. The molecule has 2 aliphatic rings. The highest BCUT2D eigenvalue weighted by atomic mass is 32.2. The van der Waals surface area contributed by atoms with Gasteiger partial charge in [-0.15, -0.1) is 9.41 Å². The summed E-state index contributed by atoms with van der Waals surface area (Å²) in [5, 5.41) is 19.3. The number of nitrogens with one attached hydrogen (secondary N) is 5. The van der Waals surface area contributed by atoms with E-state index in [0.717, 1.165) is 58.7 Å². The van der Waals surface area contributed by atoms with Crippen LogP contribution in [-0.2, 0) is 37.6 Å². The molecule has 0 amide bonds. The summed E-state index contributed by atoms with van der Waals surface area (Å²) in [7, 11) is 4.85. The monoisotopic (exact) mass is 1850 g/mol. The van der Waals surface area contributed by atoms with E-state index in [9.17, 15) is 71.9 Å². The first kappa shape index (κ1) is 94.0. The van der Waals surface area contributed by atoms with E-state index in [1.807, 2.05) is 6.08 Å². The van der Waals surface area contributed by atoms with Gasteiger partial charge in [0.25, 0.3) is 47.9 Å². The summed E-state index contributed by atoms with van der Waals surface area (Å²) in [6, 6.07) is 25.0. The maximum Gasteiger partial charge on any atom is 0.266 e. The molecule has 6 atom stereocenters. The Hall–Kier alpha value is -14.1. The molecule has 0 fully saturated rings. The molecule has 2 unspecified atom stereocenters. The van der Waals surface area contributed by atoms with E-state index in [-0.39, 0.29) is 55.0 Å². The zero-order valence-corrected chi connectivity index (χ0v) is 74.1. The number of allylic oxidation sites excluding steroid dienone is 2. The molecule has 39 heteroatoms. The quantitative estimate of drug-likeness (QED) is 0.0350. The predicted octanol–water partition coefficient (Wildman–Crippen LogP) is 19.8. The Labute approximate surface area is 748 Å². The number of anilines is 4. The van der Waals surface area contributed by atoms with Gasteiger partial charge in [0.1, 0.15) is 112 Å². The minimum Gasteiger partial charge on any atom is -0.364 e. The zero-order valence-electron chi connectivity index (χ0n) is 72.5. The summed E-state index contributed by atoms with van der Waals surface area (Å²) in [4.78, 5) is 94.7. The summed E-state index contributed by atoms with van der Waals surface area (Å²) >= 11 is 0. The average Bonchev–Trinajstić information content (AvgIpc) is 1.04. The lowest BCUT2D eigenvalue weighted by Crippen LogP contribution is -2.24. The minimum atomic E-state index is -2.92. The number of aromatic nitrogens is 15. The second-order valence-electron chi connectivity index (χ2n) is 31.6. The number of alkyl halides is 8. The Morgan fingerprint density at radius 1 is 0.439 bits per heavy atom. The number of pyridine rings is 4. The van der Waals surface area contributed by atoms with Crippen LogP contribution < -0.4 is 43.5 Å². The SMILES string of the molecule is C=S1(=N)CC=C(c2cc3c(N[C@H](C)c4cccc(C(F)F)c4F)nc(C)nc3n(C)c2=O)CC1.C=S1CC=C(c2cc3c(N[C@H](C)c4cccc(C(F)F)c4F)ncnc3n(C)c2=O)CC1.C[C@@H](Nc1ncnc2c1cc(-c1ccc3conc3c1)c(=O)n2C)c1cccc(C(F)F)c1F.Cc1ncc(-c2cc3c(N[C@H](C)c4cccc(C(F)F)c4F)ncnc3n(C)c2=O)cn1. The maximum absolute atomic E-state index is 14.7. The van der Waals surface area contributed by atoms with E-state index in [2.05, 4.69) is 94.1 Å². The first-order valence-corrected chi connectivity index (χ1v) is 44.9. The van der Waals surface area contributed by atoms with Gasteiger partial charge in [0.2, 0.25) is 0 Å². The third kappa shape index (κ3) is 19.7. The molecule has 2 aliphatic heterocycles. The van der Waals surface area contributed by atoms with Crippen LogP contribution in [0.15, 0.2) is 189 Å². The summed E-state index contributed by atoms with van der Waals surface area (Å²) < 4.78 is 183. The molecule has 0 aliphatic carbocycles. The van der Waals surface area contributed by atoms with Gasteiger partial charge < -0.3 is 25.8 Å². The molecule has 132 heavy (non-hydrogen) atoms. The fraction of sp³-hybridized carbons (Fsp3) is 0.258. The van der Waals surface area contributed by atoms with Crippen molar-refractivity contribution in [3.8, 4) is 22.3 Å². The first-order chi connectivity index (χ1) is 62.9. The van der Waals surface area contributed by atoms with Crippen molar-refractivity contribution in [2.75, 3.05) is 44.3 Å². The van der Waals surface area contributed by atoms with Crippen LogP contribution in [0.4, 0.5) is 76.0 Å².